The van der Waals surface area contributed by atoms with Crippen LogP contribution in [-0.4, -0.2) is 40.8 Å². The highest BCUT2D eigenvalue weighted by Crippen LogP contribution is 2.28. The number of sulfonamides is 1. The first-order valence-corrected chi connectivity index (χ1v) is 12.1. The van der Waals surface area contributed by atoms with E-state index in [1.165, 1.54) is 22.5 Å². The lowest BCUT2D eigenvalue weighted by molar-refractivity contribution is 0.0955. The van der Waals surface area contributed by atoms with Crippen molar-refractivity contribution in [2.45, 2.75) is 11.8 Å². The van der Waals surface area contributed by atoms with Gasteiger partial charge in [-0.05, 0) is 61.5 Å². The molecule has 0 aromatic heterocycles. The van der Waals surface area contributed by atoms with Crippen LogP contribution in [0, 0.1) is 0 Å². The first-order valence-electron chi connectivity index (χ1n) is 10.7. The average molecular weight is 494 g/mol. The Labute approximate surface area is 205 Å². The zero-order valence-electron chi connectivity index (χ0n) is 19.8. The van der Waals surface area contributed by atoms with Crippen LogP contribution in [0.5, 0.6) is 11.5 Å². The second-order valence-electron chi connectivity index (χ2n) is 7.39. The second-order valence-corrected chi connectivity index (χ2v) is 9.25. The third-order valence-corrected chi connectivity index (χ3v) is 6.98. The summed E-state index contributed by atoms with van der Waals surface area (Å²) >= 11 is 0. The van der Waals surface area contributed by atoms with Crippen LogP contribution in [0.15, 0.2) is 95.4 Å². The number of hydrogen-bond donors (Lipinski definition) is 1. The highest BCUT2D eigenvalue weighted by Gasteiger charge is 2.24. The number of methoxy groups -OCH3 is 2. The maximum absolute atomic E-state index is 13.1. The zero-order valence-corrected chi connectivity index (χ0v) is 20.6. The molecule has 3 aromatic carbocycles. The standard InChI is InChI=1S/C26H27N3O5S/c1-5-17-29(35(31,32)23-9-7-6-8-10-23)22-14-11-20(12-15-22)26(30)28-27-19(2)21-13-16-24(33-3)25(18-21)34-4/h5-16,18H,1,17H2,2-4H3,(H,28,30)/b27-19-. The van der Waals surface area contributed by atoms with E-state index in [2.05, 4.69) is 17.1 Å². The minimum absolute atomic E-state index is 0.0809. The van der Waals surface area contributed by atoms with Crippen LogP contribution >= 0.6 is 0 Å². The Morgan fingerprint density at radius 3 is 2.20 bits per heavy atom. The molecule has 1 amide bonds. The molecule has 0 bridgehead atoms. The van der Waals surface area contributed by atoms with Crippen LogP contribution in [0.4, 0.5) is 5.69 Å². The fourth-order valence-corrected chi connectivity index (χ4v) is 4.74. The summed E-state index contributed by atoms with van der Waals surface area (Å²) in [6, 6.07) is 19.7. The number of benzene rings is 3. The molecule has 35 heavy (non-hydrogen) atoms. The van der Waals surface area contributed by atoms with E-state index in [0.717, 1.165) is 5.56 Å². The van der Waals surface area contributed by atoms with Crippen LogP contribution < -0.4 is 19.2 Å². The van der Waals surface area contributed by atoms with Crippen LogP contribution in [0.25, 0.3) is 0 Å². The van der Waals surface area contributed by atoms with Crippen LogP contribution in [0.1, 0.15) is 22.8 Å². The number of nitrogens with one attached hydrogen (secondary N) is 1. The molecular weight excluding hydrogens is 466 g/mol. The SMILES string of the molecule is C=CCN(c1ccc(C(=O)N/N=C(/C)c2ccc(OC)c(OC)c2)cc1)S(=O)(=O)c1ccccc1. The van der Waals surface area contributed by atoms with Crippen molar-refractivity contribution >= 4 is 27.3 Å². The van der Waals surface area contributed by atoms with Gasteiger partial charge in [0.1, 0.15) is 0 Å². The van der Waals surface area contributed by atoms with Crippen molar-refractivity contribution in [1.82, 2.24) is 5.43 Å². The Bertz CT molecular complexity index is 1320. The summed E-state index contributed by atoms with van der Waals surface area (Å²) in [5.74, 6) is 0.710. The van der Waals surface area contributed by atoms with Gasteiger partial charge < -0.3 is 9.47 Å². The molecule has 8 nitrogen and oxygen atoms in total. The summed E-state index contributed by atoms with van der Waals surface area (Å²) in [4.78, 5) is 12.8. The van der Waals surface area contributed by atoms with Crippen molar-refractivity contribution in [2.75, 3.05) is 25.1 Å². The molecule has 0 atom stereocenters. The summed E-state index contributed by atoms with van der Waals surface area (Å²) in [7, 11) is -0.696. The minimum atomic E-state index is -3.79. The molecule has 0 fully saturated rings. The van der Waals surface area contributed by atoms with E-state index in [9.17, 15) is 13.2 Å². The van der Waals surface area contributed by atoms with Gasteiger partial charge in [0, 0.05) is 11.1 Å². The topological polar surface area (TPSA) is 97.3 Å². The van der Waals surface area contributed by atoms with Crippen molar-refractivity contribution in [3.05, 3.63) is 96.6 Å². The van der Waals surface area contributed by atoms with Gasteiger partial charge in [-0.3, -0.25) is 9.10 Å². The van der Waals surface area contributed by atoms with Gasteiger partial charge in [0.05, 0.1) is 37.1 Å². The number of hydrazone groups is 1. The molecule has 0 aliphatic heterocycles. The lowest BCUT2D eigenvalue weighted by Gasteiger charge is -2.23. The third-order valence-electron chi connectivity index (χ3n) is 5.17. The van der Waals surface area contributed by atoms with Crippen molar-refractivity contribution in [2.24, 2.45) is 5.10 Å². The van der Waals surface area contributed by atoms with Crippen molar-refractivity contribution in [1.29, 1.82) is 0 Å². The fourth-order valence-electron chi connectivity index (χ4n) is 3.28. The number of hydrogen-bond acceptors (Lipinski definition) is 6. The van der Waals surface area contributed by atoms with Crippen molar-refractivity contribution in [3.63, 3.8) is 0 Å². The smallest absolute Gasteiger partial charge is 0.271 e. The zero-order chi connectivity index (χ0) is 25.4. The van der Waals surface area contributed by atoms with Crippen molar-refractivity contribution < 1.29 is 22.7 Å². The number of amides is 1. The Morgan fingerprint density at radius 2 is 1.60 bits per heavy atom. The normalized spacial score (nSPS) is 11.5. The summed E-state index contributed by atoms with van der Waals surface area (Å²) in [5, 5.41) is 4.17. The first kappa shape index (κ1) is 25.5. The number of carbonyl (C=O) groups excluding carboxylic acids is 1. The van der Waals surface area contributed by atoms with E-state index in [4.69, 9.17) is 9.47 Å². The van der Waals surface area contributed by atoms with Crippen LogP contribution in [0.3, 0.4) is 0 Å². The predicted molar refractivity (Wildman–Crippen MR) is 137 cm³/mol. The van der Waals surface area contributed by atoms with Gasteiger partial charge in [-0.15, -0.1) is 6.58 Å². The highest BCUT2D eigenvalue weighted by molar-refractivity contribution is 7.92. The van der Waals surface area contributed by atoms with E-state index in [1.807, 2.05) is 6.07 Å². The number of ether oxygens (including phenoxy) is 2. The van der Waals surface area contributed by atoms with E-state index >= 15 is 0 Å². The maximum atomic E-state index is 13.1. The molecule has 0 unspecified atom stereocenters. The Balaban J connectivity index is 1.77. The summed E-state index contributed by atoms with van der Waals surface area (Å²) < 4.78 is 38.0. The molecule has 0 aliphatic carbocycles. The molecule has 3 aromatic rings. The van der Waals surface area contributed by atoms with E-state index < -0.39 is 15.9 Å². The largest absolute Gasteiger partial charge is 0.493 e. The fraction of sp³-hybridized carbons (Fsp3) is 0.154. The molecule has 0 aliphatic rings. The number of rotatable bonds is 10. The number of anilines is 1. The minimum Gasteiger partial charge on any atom is -0.493 e. The van der Waals surface area contributed by atoms with Gasteiger partial charge in [0.15, 0.2) is 11.5 Å². The molecule has 0 saturated carbocycles. The summed E-state index contributed by atoms with van der Waals surface area (Å²) in [6.45, 7) is 5.50. The summed E-state index contributed by atoms with van der Waals surface area (Å²) in [5.41, 5.74) is 4.59. The van der Waals surface area contributed by atoms with E-state index in [0.29, 0.717) is 28.5 Å². The molecule has 0 saturated heterocycles. The quantitative estimate of drug-likeness (QED) is 0.259. The molecule has 3 rings (SSSR count). The number of carbonyl (C=O) groups is 1. The van der Waals surface area contributed by atoms with Crippen LogP contribution in [-0.2, 0) is 10.0 Å². The van der Waals surface area contributed by atoms with E-state index in [1.54, 1.807) is 75.7 Å². The molecule has 1 N–H and O–H groups in total. The van der Waals surface area contributed by atoms with Gasteiger partial charge >= 0.3 is 0 Å². The molecule has 0 heterocycles. The lowest BCUT2D eigenvalue weighted by Crippen LogP contribution is -2.31. The average Bonchev–Trinajstić information content (AvgIpc) is 2.90. The van der Waals surface area contributed by atoms with Gasteiger partial charge in [-0.1, -0.05) is 24.3 Å². The van der Waals surface area contributed by atoms with Gasteiger partial charge in [-0.25, -0.2) is 13.8 Å². The first-order chi connectivity index (χ1) is 16.8. The third kappa shape index (κ3) is 5.88. The molecule has 0 spiro atoms. The van der Waals surface area contributed by atoms with Gasteiger partial charge in [0.25, 0.3) is 15.9 Å². The predicted octanol–water partition coefficient (Wildman–Crippen LogP) is 4.24. The molecule has 0 radical (unpaired) electrons. The van der Waals surface area contributed by atoms with Gasteiger partial charge in [0.2, 0.25) is 0 Å². The molecular formula is C26H27N3O5S. The Morgan fingerprint density at radius 1 is 0.971 bits per heavy atom. The number of nitrogens with zero attached hydrogens (tertiary/aromatic N) is 2. The van der Waals surface area contributed by atoms with Gasteiger partial charge in [-0.2, -0.15) is 5.10 Å². The molecule has 182 valence electrons. The van der Waals surface area contributed by atoms with E-state index in [-0.39, 0.29) is 11.4 Å². The summed E-state index contributed by atoms with van der Waals surface area (Å²) in [6.07, 6.45) is 1.51. The second kappa shape index (κ2) is 11.3. The monoisotopic (exact) mass is 493 g/mol. The highest BCUT2D eigenvalue weighted by atomic mass is 32.2. The maximum Gasteiger partial charge on any atom is 0.271 e. The van der Waals surface area contributed by atoms with Crippen molar-refractivity contribution in [3.8, 4) is 11.5 Å². The Kier molecular flexibility index (Phi) is 8.27. The Hall–Kier alpha value is -4.11. The molecule has 9 heteroatoms. The van der Waals surface area contributed by atoms with Crippen LogP contribution in [0.2, 0.25) is 0 Å². The lowest BCUT2D eigenvalue weighted by atomic mass is 10.1.